The molecule has 0 fully saturated rings. The predicted octanol–water partition coefficient (Wildman–Crippen LogP) is 1.47. The molecule has 1 aromatic carbocycles. The molecule has 0 spiro atoms. The number of fused-ring (bicyclic) bond motifs is 1. The van der Waals surface area contributed by atoms with Crippen molar-refractivity contribution in [2.24, 2.45) is 0 Å². The van der Waals surface area contributed by atoms with E-state index in [-0.39, 0.29) is 18.9 Å². The number of hydrogen-bond donors (Lipinski definition) is 2. The first-order valence-electron chi connectivity index (χ1n) is 5.57. The summed E-state index contributed by atoms with van der Waals surface area (Å²) in [5.41, 5.74) is 0.783. The van der Waals surface area contributed by atoms with E-state index in [9.17, 15) is 4.79 Å². The largest absolute Gasteiger partial charge is 0.461 e. The summed E-state index contributed by atoms with van der Waals surface area (Å²) in [6.45, 7) is 1.89. The van der Waals surface area contributed by atoms with Gasteiger partial charge in [-0.2, -0.15) is 0 Å². The Morgan fingerprint density at radius 2 is 2.24 bits per heavy atom. The van der Waals surface area contributed by atoms with Gasteiger partial charge in [-0.25, -0.2) is 0 Å². The highest BCUT2D eigenvalue weighted by Crippen LogP contribution is 2.18. The lowest BCUT2D eigenvalue weighted by molar-refractivity contribution is -0.121. The van der Waals surface area contributed by atoms with Gasteiger partial charge in [-0.1, -0.05) is 18.2 Å². The third-order valence-corrected chi connectivity index (χ3v) is 2.41. The Morgan fingerprint density at radius 3 is 2.94 bits per heavy atom. The number of amides is 1. The molecule has 0 saturated heterocycles. The molecule has 90 valence electrons. The zero-order valence-electron chi connectivity index (χ0n) is 9.64. The number of rotatable bonds is 4. The standard InChI is InChI=1S/C13H15NO3/c1-9(15)8-14-13(16)7-11-6-10-4-2-3-5-12(10)17-11/h2-6,9,15H,7-8H2,1H3,(H,14,16). The van der Waals surface area contributed by atoms with E-state index >= 15 is 0 Å². The molecule has 0 saturated carbocycles. The lowest BCUT2D eigenvalue weighted by atomic mass is 10.2. The van der Waals surface area contributed by atoms with Crippen LogP contribution in [0.3, 0.4) is 0 Å². The summed E-state index contributed by atoms with van der Waals surface area (Å²) in [6.07, 6.45) is -0.337. The molecule has 2 rings (SSSR count). The van der Waals surface area contributed by atoms with E-state index in [2.05, 4.69) is 5.32 Å². The molecule has 1 aromatic heterocycles. The maximum absolute atomic E-state index is 11.5. The van der Waals surface area contributed by atoms with Crippen molar-refractivity contribution in [1.82, 2.24) is 5.32 Å². The minimum Gasteiger partial charge on any atom is -0.461 e. The molecule has 0 bridgehead atoms. The van der Waals surface area contributed by atoms with Crippen LogP contribution < -0.4 is 5.32 Å². The van der Waals surface area contributed by atoms with E-state index in [1.165, 1.54) is 0 Å². The van der Waals surface area contributed by atoms with E-state index in [0.717, 1.165) is 11.0 Å². The van der Waals surface area contributed by atoms with Crippen molar-refractivity contribution in [2.45, 2.75) is 19.4 Å². The molecule has 1 unspecified atom stereocenters. The number of nitrogens with one attached hydrogen (secondary N) is 1. The zero-order valence-corrected chi connectivity index (χ0v) is 9.64. The Hall–Kier alpha value is -1.81. The van der Waals surface area contributed by atoms with Crippen LogP contribution in [0, 0.1) is 0 Å². The van der Waals surface area contributed by atoms with Gasteiger partial charge in [-0.15, -0.1) is 0 Å². The topological polar surface area (TPSA) is 62.5 Å². The fourth-order valence-electron chi connectivity index (χ4n) is 1.61. The SMILES string of the molecule is CC(O)CNC(=O)Cc1cc2ccccc2o1. The second kappa shape index (κ2) is 5.01. The van der Waals surface area contributed by atoms with Gasteiger partial charge in [-0.3, -0.25) is 4.79 Å². The fraction of sp³-hybridized carbons (Fsp3) is 0.308. The zero-order chi connectivity index (χ0) is 12.3. The van der Waals surface area contributed by atoms with Gasteiger partial charge in [-0.05, 0) is 19.1 Å². The number of furan rings is 1. The molecule has 1 atom stereocenters. The fourth-order valence-corrected chi connectivity index (χ4v) is 1.61. The van der Waals surface area contributed by atoms with Crippen molar-refractivity contribution in [3.05, 3.63) is 36.1 Å². The molecule has 1 amide bonds. The molecule has 0 aliphatic rings. The van der Waals surface area contributed by atoms with E-state index < -0.39 is 6.10 Å². The molecule has 1 heterocycles. The van der Waals surface area contributed by atoms with Crippen molar-refractivity contribution >= 4 is 16.9 Å². The first-order valence-corrected chi connectivity index (χ1v) is 5.57. The summed E-state index contributed by atoms with van der Waals surface area (Å²) in [6, 6.07) is 9.48. The maximum Gasteiger partial charge on any atom is 0.227 e. The quantitative estimate of drug-likeness (QED) is 0.840. The van der Waals surface area contributed by atoms with Gasteiger partial charge in [0.15, 0.2) is 0 Å². The van der Waals surface area contributed by atoms with Crippen LogP contribution in [0.4, 0.5) is 0 Å². The van der Waals surface area contributed by atoms with Crippen LogP contribution in [-0.4, -0.2) is 23.7 Å². The summed E-state index contributed by atoms with van der Waals surface area (Å²) < 4.78 is 5.52. The molecule has 2 aromatic rings. The molecule has 2 N–H and O–H groups in total. The van der Waals surface area contributed by atoms with Gasteiger partial charge < -0.3 is 14.8 Å². The number of para-hydroxylation sites is 1. The number of carbonyl (C=O) groups excluding carboxylic acids is 1. The number of aliphatic hydroxyl groups is 1. The first kappa shape index (κ1) is 11.7. The summed E-state index contributed by atoms with van der Waals surface area (Å²) in [5, 5.41) is 12.7. The minimum atomic E-state index is -0.533. The highest BCUT2D eigenvalue weighted by atomic mass is 16.3. The second-order valence-corrected chi connectivity index (χ2v) is 4.08. The summed E-state index contributed by atoms with van der Waals surface area (Å²) in [4.78, 5) is 11.5. The van der Waals surface area contributed by atoms with Crippen molar-refractivity contribution in [3.8, 4) is 0 Å². The van der Waals surface area contributed by atoms with Crippen LogP contribution in [-0.2, 0) is 11.2 Å². The molecule has 17 heavy (non-hydrogen) atoms. The van der Waals surface area contributed by atoms with Crippen LogP contribution in [0.15, 0.2) is 34.7 Å². The van der Waals surface area contributed by atoms with Crippen LogP contribution in [0.25, 0.3) is 11.0 Å². The Morgan fingerprint density at radius 1 is 1.47 bits per heavy atom. The number of benzene rings is 1. The Labute approximate surface area is 99.2 Å². The van der Waals surface area contributed by atoms with E-state index in [4.69, 9.17) is 9.52 Å². The molecular weight excluding hydrogens is 218 g/mol. The van der Waals surface area contributed by atoms with Crippen molar-refractivity contribution < 1.29 is 14.3 Å². The van der Waals surface area contributed by atoms with Crippen LogP contribution >= 0.6 is 0 Å². The Balaban J connectivity index is 2.01. The van der Waals surface area contributed by atoms with Crippen LogP contribution in [0.1, 0.15) is 12.7 Å². The molecule has 0 radical (unpaired) electrons. The van der Waals surface area contributed by atoms with Gasteiger partial charge in [0.05, 0.1) is 12.5 Å². The normalized spacial score (nSPS) is 12.6. The molecule has 4 nitrogen and oxygen atoms in total. The molecule has 0 aliphatic heterocycles. The third kappa shape index (κ3) is 3.07. The molecule has 4 heteroatoms. The summed E-state index contributed by atoms with van der Waals surface area (Å²) in [5.74, 6) is 0.485. The van der Waals surface area contributed by atoms with E-state index in [1.54, 1.807) is 6.92 Å². The lowest BCUT2D eigenvalue weighted by Gasteiger charge is -2.05. The lowest BCUT2D eigenvalue weighted by Crippen LogP contribution is -2.31. The van der Waals surface area contributed by atoms with Crippen molar-refractivity contribution in [2.75, 3.05) is 6.54 Å². The van der Waals surface area contributed by atoms with E-state index in [0.29, 0.717) is 5.76 Å². The highest BCUT2D eigenvalue weighted by Gasteiger charge is 2.08. The number of carbonyl (C=O) groups is 1. The number of aliphatic hydroxyl groups excluding tert-OH is 1. The van der Waals surface area contributed by atoms with Gasteiger partial charge in [0.25, 0.3) is 0 Å². The first-order chi connectivity index (χ1) is 8.15. The van der Waals surface area contributed by atoms with Gasteiger partial charge in [0, 0.05) is 11.9 Å². The summed E-state index contributed by atoms with van der Waals surface area (Å²) >= 11 is 0. The number of hydrogen-bond acceptors (Lipinski definition) is 3. The average molecular weight is 233 g/mol. The Kier molecular flexibility index (Phi) is 3.44. The third-order valence-electron chi connectivity index (χ3n) is 2.41. The summed E-state index contributed by atoms with van der Waals surface area (Å²) in [7, 11) is 0. The Bertz CT molecular complexity index is 483. The minimum absolute atomic E-state index is 0.148. The van der Waals surface area contributed by atoms with Crippen LogP contribution in [0.2, 0.25) is 0 Å². The van der Waals surface area contributed by atoms with Crippen molar-refractivity contribution in [3.63, 3.8) is 0 Å². The second-order valence-electron chi connectivity index (χ2n) is 4.08. The maximum atomic E-state index is 11.5. The van der Waals surface area contributed by atoms with Gasteiger partial charge >= 0.3 is 0 Å². The smallest absolute Gasteiger partial charge is 0.227 e. The van der Waals surface area contributed by atoms with Crippen LogP contribution in [0.5, 0.6) is 0 Å². The molecule has 0 aliphatic carbocycles. The molecular formula is C13H15NO3. The van der Waals surface area contributed by atoms with Gasteiger partial charge in [0.2, 0.25) is 5.91 Å². The van der Waals surface area contributed by atoms with Gasteiger partial charge in [0.1, 0.15) is 11.3 Å². The predicted molar refractivity (Wildman–Crippen MR) is 64.6 cm³/mol. The highest BCUT2D eigenvalue weighted by molar-refractivity contribution is 5.82. The van der Waals surface area contributed by atoms with Crippen molar-refractivity contribution in [1.29, 1.82) is 0 Å². The monoisotopic (exact) mass is 233 g/mol. The average Bonchev–Trinajstić information content (AvgIpc) is 2.68. The van der Waals surface area contributed by atoms with E-state index in [1.807, 2.05) is 30.3 Å².